The van der Waals surface area contributed by atoms with Crippen LogP contribution in [0.15, 0.2) is 41.2 Å². The van der Waals surface area contributed by atoms with Crippen molar-refractivity contribution < 1.29 is 9.18 Å². The largest absolute Gasteiger partial charge is 0.349 e. The minimum atomic E-state index is -0.607. The van der Waals surface area contributed by atoms with Crippen LogP contribution in [0.2, 0.25) is 0 Å². The maximum atomic E-state index is 13.9. The second-order valence-electron chi connectivity index (χ2n) is 6.20. The Labute approximate surface area is 143 Å². The summed E-state index contributed by atoms with van der Waals surface area (Å²) in [6.07, 6.45) is 3.46. The van der Waals surface area contributed by atoms with Crippen LogP contribution in [0.3, 0.4) is 0 Å². The molecule has 0 spiro atoms. The van der Waals surface area contributed by atoms with E-state index in [0.717, 1.165) is 30.4 Å². The van der Waals surface area contributed by atoms with Crippen LogP contribution in [-0.4, -0.2) is 22.2 Å². The lowest BCUT2D eigenvalue weighted by Gasteiger charge is -2.20. The van der Waals surface area contributed by atoms with Crippen molar-refractivity contribution >= 4 is 5.91 Å². The first-order chi connectivity index (χ1) is 12.0. The number of nitriles is 1. The lowest BCUT2D eigenvalue weighted by Crippen LogP contribution is -2.36. The summed E-state index contributed by atoms with van der Waals surface area (Å²) in [5.41, 5.74) is -1.10. The van der Waals surface area contributed by atoms with E-state index < -0.39 is 22.7 Å². The molecule has 1 N–H and O–H groups in total. The van der Waals surface area contributed by atoms with Gasteiger partial charge in [-0.2, -0.15) is 15.0 Å². The van der Waals surface area contributed by atoms with Gasteiger partial charge in [0.1, 0.15) is 17.2 Å². The molecule has 25 heavy (non-hydrogen) atoms. The fraction of sp³-hybridized carbons (Fsp3) is 0.333. The number of benzene rings is 1. The highest BCUT2D eigenvalue weighted by atomic mass is 19.1. The molecular formula is C18H17FN4O2. The van der Waals surface area contributed by atoms with Gasteiger partial charge in [-0.05, 0) is 31.0 Å². The van der Waals surface area contributed by atoms with Gasteiger partial charge in [0.05, 0.1) is 11.5 Å². The molecule has 0 unspecified atom stereocenters. The Morgan fingerprint density at radius 3 is 2.68 bits per heavy atom. The Hall–Kier alpha value is -3.01. The van der Waals surface area contributed by atoms with Gasteiger partial charge in [0.25, 0.3) is 11.5 Å². The third-order valence-electron chi connectivity index (χ3n) is 4.50. The quantitative estimate of drug-likeness (QED) is 0.924. The van der Waals surface area contributed by atoms with Gasteiger partial charge in [-0.1, -0.05) is 25.0 Å². The summed E-state index contributed by atoms with van der Waals surface area (Å²) >= 11 is 0. The number of nitrogens with one attached hydrogen (secondary N) is 1. The fourth-order valence-electron chi connectivity index (χ4n) is 3.05. The van der Waals surface area contributed by atoms with E-state index in [1.54, 1.807) is 6.07 Å². The van der Waals surface area contributed by atoms with Gasteiger partial charge in [0.2, 0.25) is 0 Å². The van der Waals surface area contributed by atoms with Crippen LogP contribution in [0.25, 0.3) is 5.69 Å². The molecule has 2 aromatic rings. The molecule has 128 valence electrons. The van der Waals surface area contributed by atoms with Crippen molar-refractivity contribution in [3.63, 3.8) is 0 Å². The molecular weight excluding hydrogens is 323 g/mol. The van der Waals surface area contributed by atoms with E-state index in [0.29, 0.717) is 0 Å². The maximum Gasteiger partial charge on any atom is 0.271 e. The average molecular weight is 340 g/mol. The molecule has 7 heteroatoms. The van der Waals surface area contributed by atoms with Crippen LogP contribution < -0.4 is 10.9 Å². The molecule has 1 aliphatic carbocycles. The molecule has 0 radical (unpaired) electrons. The highest BCUT2D eigenvalue weighted by Crippen LogP contribution is 2.36. The summed E-state index contributed by atoms with van der Waals surface area (Å²) in [6.45, 7) is 0.239. The lowest BCUT2D eigenvalue weighted by atomic mass is 9.88. The van der Waals surface area contributed by atoms with Gasteiger partial charge in [-0.3, -0.25) is 9.59 Å². The average Bonchev–Trinajstić information content (AvgIpc) is 3.10. The number of aromatic nitrogens is 2. The number of para-hydroxylation sites is 1. The van der Waals surface area contributed by atoms with Gasteiger partial charge < -0.3 is 5.32 Å². The Bertz CT molecular complexity index is 894. The molecule has 0 atom stereocenters. The normalized spacial score (nSPS) is 15.5. The molecule has 0 bridgehead atoms. The van der Waals surface area contributed by atoms with Crippen LogP contribution in [-0.2, 0) is 0 Å². The Morgan fingerprint density at radius 2 is 2.00 bits per heavy atom. The van der Waals surface area contributed by atoms with E-state index >= 15 is 0 Å². The van der Waals surface area contributed by atoms with Gasteiger partial charge in [0.15, 0.2) is 0 Å². The molecule has 3 rings (SSSR count). The summed E-state index contributed by atoms with van der Waals surface area (Å²) < 4.78 is 14.8. The smallest absolute Gasteiger partial charge is 0.271 e. The van der Waals surface area contributed by atoms with Crippen LogP contribution in [0.5, 0.6) is 0 Å². The Morgan fingerprint density at radius 1 is 1.28 bits per heavy atom. The second kappa shape index (κ2) is 6.85. The topological polar surface area (TPSA) is 87.8 Å². The molecule has 6 nitrogen and oxygen atoms in total. The standard InChI is InChI=1S/C18H17FN4O2/c19-13-5-1-2-6-15(13)23-16(24)8-7-14(22-23)17(25)21-12-18(11-20)9-3-4-10-18/h1-2,5-8H,3-4,9-10,12H2,(H,21,25). The summed E-state index contributed by atoms with van der Waals surface area (Å²) in [5, 5.41) is 16.0. The van der Waals surface area contributed by atoms with Gasteiger partial charge in [-0.25, -0.2) is 4.39 Å². The molecule has 1 saturated carbocycles. The number of nitrogens with zero attached hydrogens (tertiary/aromatic N) is 3. The lowest BCUT2D eigenvalue weighted by molar-refractivity contribution is 0.0933. The molecule has 0 saturated heterocycles. The summed E-state index contributed by atoms with van der Waals surface area (Å²) in [7, 11) is 0. The first kappa shape index (κ1) is 16.8. The molecule has 0 aliphatic heterocycles. The van der Waals surface area contributed by atoms with E-state index in [4.69, 9.17) is 0 Å². The van der Waals surface area contributed by atoms with Crippen LogP contribution in [0.4, 0.5) is 4.39 Å². The van der Waals surface area contributed by atoms with E-state index in [-0.39, 0.29) is 17.9 Å². The zero-order valence-corrected chi connectivity index (χ0v) is 13.5. The van der Waals surface area contributed by atoms with Gasteiger partial charge >= 0.3 is 0 Å². The minimum Gasteiger partial charge on any atom is -0.349 e. The van der Waals surface area contributed by atoms with Crippen molar-refractivity contribution in [3.05, 3.63) is 58.3 Å². The van der Waals surface area contributed by atoms with Crippen molar-refractivity contribution in [3.8, 4) is 11.8 Å². The number of amides is 1. The number of halogens is 1. The Kier molecular flexibility index (Phi) is 4.61. The first-order valence-corrected chi connectivity index (χ1v) is 8.09. The van der Waals surface area contributed by atoms with E-state index in [1.165, 1.54) is 30.3 Å². The van der Waals surface area contributed by atoms with Crippen molar-refractivity contribution in [2.45, 2.75) is 25.7 Å². The van der Waals surface area contributed by atoms with Gasteiger partial charge in [-0.15, -0.1) is 0 Å². The molecule has 1 fully saturated rings. The predicted octanol–water partition coefficient (Wildman–Crippen LogP) is 2.19. The van der Waals surface area contributed by atoms with E-state index in [9.17, 15) is 19.2 Å². The molecule has 1 aromatic carbocycles. The van der Waals surface area contributed by atoms with Crippen molar-refractivity contribution in [2.75, 3.05) is 6.54 Å². The Balaban J connectivity index is 1.83. The highest BCUT2D eigenvalue weighted by Gasteiger charge is 2.34. The molecule has 1 aliphatic rings. The number of hydrogen-bond acceptors (Lipinski definition) is 4. The number of hydrogen-bond donors (Lipinski definition) is 1. The summed E-state index contributed by atoms with van der Waals surface area (Å²) in [5.74, 6) is -1.10. The van der Waals surface area contributed by atoms with Crippen molar-refractivity contribution in [1.29, 1.82) is 5.26 Å². The van der Waals surface area contributed by atoms with E-state index in [1.807, 2.05) is 0 Å². The summed E-state index contributed by atoms with van der Waals surface area (Å²) in [4.78, 5) is 24.3. The molecule has 1 heterocycles. The fourth-order valence-corrected chi connectivity index (χ4v) is 3.05. The second-order valence-corrected chi connectivity index (χ2v) is 6.20. The van der Waals surface area contributed by atoms with Crippen LogP contribution >= 0.6 is 0 Å². The molecule has 1 aromatic heterocycles. The number of carbonyl (C=O) groups is 1. The van der Waals surface area contributed by atoms with E-state index in [2.05, 4.69) is 16.5 Å². The van der Waals surface area contributed by atoms with Gasteiger partial charge in [0, 0.05) is 12.6 Å². The van der Waals surface area contributed by atoms with Crippen molar-refractivity contribution in [2.24, 2.45) is 5.41 Å². The SMILES string of the molecule is N#CC1(CNC(=O)c2ccc(=O)n(-c3ccccc3F)n2)CCCC1. The van der Waals surface area contributed by atoms with Crippen molar-refractivity contribution in [1.82, 2.24) is 15.1 Å². The highest BCUT2D eigenvalue weighted by molar-refractivity contribution is 5.92. The summed E-state index contributed by atoms with van der Waals surface area (Å²) in [6, 6.07) is 10.5. The molecule has 1 amide bonds. The zero-order valence-electron chi connectivity index (χ0n) is 13.5. The zero-order chi connectivity index (χ0) is 17.9. The maximum absolute atomic E-state index is 13.9. The number of rotatable bonds is 4. The van der Waals surface area contributed by atoms with Crippen LogP contribution in [0.1, 0.15) is 36.2 Å². The van der Waals surface area contributed by atoms with Crippen LogP contribution in [0, 0.1) is 22.6 Å². The third kappa shape index (κ3) is 3.43. The minimum absolute atomic E-state index is 0.00561. The third-order valence-corrected chi connectivity index (χ3v) is 4.50. The first-order valence-electron chi connectivity index (χ1n) is 8.09. The predicted molar refractivity (Wildman–Crippen MR) is 88.6 cm³/mol. The number of carbonyl (C=O) groups excluding carboxylic acids is 1. The monoisotopic (exact) mass is 340 g/mol.